The summed E-state index contributed by atoms with van der Waals surface area (Å²) in [4.78, 5) is 18.2. The third kappa shape index (κ3) is 5.23. The van der Waals surface area contributed by atoms with Gasteiger partial charge in [-0.25, -0.2) is 26.6 Å². The number of rotatable bonds is 7. The topological polar surface area (TPSA) is 82.6 Å². The van der Waals surface area contributed by atoms with Crippen LogP contribution in [0, 0.1) is 18.6 Å². The highest BCUT2D eigenvalue weighted by Gasteiger charge is 2.34. The molecule has 1 saturated heterocycles. The van der Waals surface area contributed by atoms with Gasteiger partial charge in [0.1, 0.15) is 17.8 Å². The number of fused-ring (bicyclic) bond motifs is 1. The minimum Gasteiger partial charge on any atom is -0.351 e. The molecule has 1 atom stereocenters. The van der Waals surface area contributed by atoms with Crippen LogP contribution >= 0.6 is 0 Å². The van der Waals surface area contributed by atoms with Gasteiger partial charge >= 0.3 is 0 Å². The number of hydrogen-bond acceptors (Lipinski definition) is 5. The van der Waals surface area contributed by atoms with E-state index in [-0.39, 0.29) is 31.1 Å². The van der Waals surface area contributed by atoms with Gasteiger partial charge in [-0.3, -0.25) is 4.79 Å². The molecule has 3 aromatic rings. The smallest absolute Gasteiger partial charge is 0.251 e. The quantitative estimate of drug-likeness (QED) is 0.516. The molecule has 0 unspecified atom stereocenters. The first kappa shape index (κ1) is 26.1. The van der Waals surface area contributed by atoms with Crippen molar-refractivity contribution in [2.24, 2.45) is 0 Å². The molecule has 4 rings (SSSR count). The first-order chi connectivity index (χ1) is 17.0. The van der Waals surface area contributed by atoms with Gasteiger partial charge in [-0.1, -0.05) is 6.07 Å². The van der Waals surface area contributed by atoms with Crippen molar-refractivity contribution in [1.82, 2.24) is 19.5 Å². The Balaban J connectivity index is 1.69. The molecule has 1 aromatic heterocycles. The zero-order valence-corrected chi connectivity index (χ0v) is 21.0. The third-order valence-corrected chi connectivity index (χ3v) is 7.97. The van der Waals surface area contributed by atoms with Gasteiger partial charge in [0, 0.05) is 37.1 Å². The lowest BCUT2D eigenvalue weighted by atomic mass is 10.0. The van der Waals surface area contributed by atoms with Crippen LogP contribution in [-0.4, -0.2) is 75.0 Å². The lowest BCUT2D eigenvalue weighted by Crippen LogP contribution is -2.31. The normalized spacial score (nSPS) is 16.7. The van der Waals surface area contributed by atoms with E-state index >= 15 is 8.78 Å². The number of carbonyl (C=O) groups is 1. The highest BCUT2D eigenvalue weighted by molar-refractivity contribution is 7.89. The lowest BCUT2D eigenvalue weighted by Gasteiger charge is -2.17. The van der Waals surface area contributed by atoms with Crippen molar-refractivity contribution in [3.63, 3.8) is 0 Å². The Morgan fingerprint density at radius 2 is 1.86 bits per heavy atom. The number of nitrogens with one attached hydrogen (secondary N) is 1. The molecule has 0 aliphatic carbocycles. The summed E-state index contributed by atoms with van der Waals surface area (Å²) >= 11 is 0. The van der Waals surface area contributed by atoms with E-state index in [9.17, 15) is 17.6 Å². The Kier molecular flexibility index (Phi) is 7.35. The van der Waals surface area contributed by atoms with Gasteiger partial charge in [0.25, 0.3) is 5.91 Å². The molecular weight excluding hydrogens is 493 g/mol. The van der Waals surface area contributed by atoms with Crippen molar-refractivity contribution < 1.29 is 26.4 Å². The van der Waals surface area contributed by atoms with Crippen molar-refractivity contribution in [2.75, 3.05) is 40.3 Å². The van der Waals surface area contributed by atoms with Gasteiger partial charge in [0.15, 0.2) is 0 Å². The van der Waals surface area contributed by atoms with E-state index < -0.39 is 38.3 Å². The number of sulfonamides is 1. The number of aromatic nitrogens is 1. The second-order valence-electron chi connectivity index (χ2n) is 9.13. The molecule has 2 aromatic carbocycles. The van der Waals surface area contributed by atoms with Gasteiger partial charge in [0.05, 0.1) is 21.7 Å². The maximum Gasteiger partial charge on any atom is 0.251 e. The maximum absolute atomic E-state index is 15.1. The largest absolute Gasteiger partial charge is 0.351 e. The Hall–Kier alpha value is -3.02. The molecule has 1 amide bonds. The van der Waals surface area contributed by atoms with Crippen LogP contribution < -0.4 is 5.32 Å². The number of alkyl halides is 1. The number of carbonyl (C=O) groups excluding carboxylic acids is 1. The van der Waals surface area contributed by atoms with Crippen LogP contribution in [0.4, 0.5) is 13.2 Å². The van der Waals surface area contributed by atoms with Crippen LogP contribution in [0.3, 0.4) is 0 Å². The Labute approximate surface area is 208 Å². The summed E-state index contributed by atoms with van der Waals surface area (Å²) in [5.74, 6) is -2.50. The fraction of sp³-hybridized carbons (Fsp3) is 0.360. The van der Waals surface area contributed by atoms with Crippen molar-refractivity contribution in [3.8, 4) is 11.3 Å². The summed E-state index contributed by atoms with van der Waals surface area (Å²) in [6.45, 7) is 2.47. The number of nitrogens with zero attached hydrogens (tertiary/aromatic N) is 3. The molecule has 2 heterocycles. The number of benzene rings is 2. The highest BCUT2D eigenvalue weighted by Crippen LogP contribution is 2.32. The van der Waals surface area contributed by atoms with Gasteiger partial charge in [-0.2, -0.15) is 4.31 Å². The second kappa shape index (κ2) is 10.2. The van der Waals surface area contributed by atoms with E-state index in [0.29, 0.717) is 35.1 Å². The zero-order valence-electron chi connectivity index (χ0n) is 20.2. The van der Waals surface area contributed by atoms with Crippen LogP contribution in [0.5, 0.6) is 0 Å². The number of aryl methyl sites for hydroxylation is 1. The van der Waals surface area contributed by atoms with Crippen molar-refractivity contribution in [3.05, 3.63) is 59.2 Å². The molecule has 1 aliphatic rings. The summed E-state index contributed by atoms with van der Waals surface area (Å²) in [7, 11) is -0.459. The molecule has 1 fully saturated rings. The van der Waals surface area contributed by atoms with E-state index in [1.165, 1.54) is 6.07 Å². The Bertz CT molecular complexity index is 1410. The van der Waals surface area contributed by atoms with Crippen molar-refractivity contribution in [2.45, 2.75) is 24.4 Å². The summed E-state index contributed by atoms with van der Waals surface area (Å²) < 4.78 is 70.1. The number of likely N-dealkylation sites (N-methyl/N-ethyl adjacent to an activating group) is 1. The van der Waals surface area contributed by atoms with Crippen LogP contribution in [0.2, 0.25) is 0 Å². The predicted molar refractivity (Wildman–Crippen MR) is 131 cm³/mol. The van der Waals surface area contributed by atoms with Crippen LogP contribution in [0.1, 0.15) is 22.3 Å². The molecule has 192 valence electrons. The van der Waals surface area contributed by atoms with Gasteiger partial charge < -0.3 is 10.2 Å². The molecule has 7 nitrogen and oxygen atoms in total. The van der Waals surface area contributed by atoms with E-state index in [4.69, 9.17) is 0 Å². The Morgan fingerprint density at radius 1 is 1.17 bits per heavy atom. The Morgan fingerprint density at radius 3 is 2.47 bits per heavy atom. The van der Waals surface area contributed by atoms with Gasteiger partial charge in [0.2, 0.25) is 10.0 Å². The lowest BCUT2D eigenvalue weighted by molar-refractivity contribution is 0.0951. The fourth-order valence-corrected chi connectivity index (χ4v) is 5.67. The molecule has 0 saturated carbocycles. The predicted octanol–water partition coefficient (Wildman–Crippen LogP) is 3.51. The molecular formula is C25H27F3N4O3S. The summed E-state index contributed by atoms with van der Waals surface area (Å²) in [6.07, 6.45) is -1.27. The molecule has 36 heavy (non-hydrogen) atoms. The third-order valence-electron chi connectivity index (χ3n) is 6.13. The van der Waals surface area contributed by atoms with Crippen molar-refractivity contribution in [1.29, 1.82) is 0 Å². The van der Waals surface area contributed by atoms with Crippen molar-refractivity contribution >= 4 is 26.8 Å². The summed E-state index contributed by atoms with van der Waals surface area (Å²) in [6, 6.07) is 7.89. The standard InChI is InChI=1S/C25H27F3N4O3S/c1-15-10-23(30-22-11-16(4-5-19(15)22)25(33)29-7-9-31(2)3)24-20(27)12-18(13-21(24)28)36(34,35)32-8-6-17(26)14-32/h4-5,10-13,17H,6-9,14H2,1-3H3,(H,29,33)/t17-/m0/s1. The monoisotopic (exact) mass is 520 g/mol. The zero-order chi connectivity index (χ0) is 26.2. The number of pyridine rings is 1. The fourth-order valence-electron chi connectivity index (χ4n) is 4.17. The molecule has 11 heteroatoms. The first-order valence-corrected chi connectivity index (χ1v) is 12.9. The molecule has 1 N–H and O–H groups in total. The molecule has 0 radical (unpaired) electrons. The van der Waals surface area contributed by atoms with E-state index in [1.54, 1.807) is 25.1 Å². The number of halogens is 3. The average Bonchev–Trinajstić information content (AvgIpc) is 3.25. The van der Waals surface area contributed by atoms with Crippen LogP contribution in [-0.2, 0) is 10.0 Å². The van der Waals surface area contributed by atoms with Crippen LogP contribution in [0.25, 0.3) is 22.2 Å². The van der Waals surface area contributed by atoms with E-state index in [2.05, 4.69) is 10.3 Å². The minimum absolute atomic E-state index is 0.0332. The highest BCUT2D eigenvalue weighted by atomic mass is 32.2. The average molecular weight is 521 g/mol. The molecule has 1 aliphatic heterocycles. The molecule has 0 spiro atoms. The van der Waals surface area contributed by atoms with Gasteiger partial charge in [-0.15, -0.1) is 0 Å². The van der Waals surface area contributed by atoms with E-state index in [1.807, 2.05) is 19.0 Å². The minimum atomic E-state index is -4.24. The second-order valence-corrected chi connectivity index (χ2v) is 11.1. The SMILES string of the molecule is Cc1cc(-c2c(F)cc(S(=O)(=O)N3CC[C@H](F)C3)cc2F)nc2cc(C(=O)NCCN(C)C)ccc12. The van der Waals surface area contributed by atoms with E-state index in [0.717, 1.165) is 16.4 Å². The summed E-state index contributed by atoms with van der Waals surface area (Å²) in [5, 5.41) is 3.51. The number of hydrogen-bond donors (Lipinski definition) is 1. The summed E-state index contributed by atoms with van der Waals surface area (Å²) in [5.41, 5.74) is 0.881. The maximum atomic E-state index is 15.1. The van der Waals surface area contributed by atoms with Crippen LogP contribution in [0.15, 0.2) is 41.3 Å². The van der Waals surface area contributed by atoms with Gasteiger partial charge in [-0.05, 0) is 63.3 Å². The first-order valence-electron chi connectivity index (χ1n) is 11.5. The number of amides is 1. The molecule has 0 bridgehead atoms.